The van der Waals surface area contributed by atoms with Crippen LogP contribution in [0, 0.1) is 12.8 Å². The molecule has 1 atom stereocenters. The second kappa shape index (κ2) is 9.12. The van der Waals surface area contributed by atoms with E-state index in [2.05, 4.69) is 5.32 Å². The molecule has 0 aliphatic carbocycles. The van der Waals surface area contributed by atoms with Crippen LogP contribution in [0.5, 0.6) is 17.2 Å². The standard InChI is InChI=1S/C20H25NO6/c1-12(2)20(14-6-7-16(24-4)17(9-14)25-5)21-19(23)11-27-18-10-26-13(3)8-15(18)22/h6-10,12,20H,11H2,1-5H3,(H,21,23)/t20-/m0/s1. The molecule has 1 heterocycles. The number of rotatable bonds is 8. The molecule has 27 heavy (non-hydrogen) atoms. The van der Waals surface area contributed by atoms with Crippen molar-refractivity contribution in [2.75, 3.05) is 20.8 Å². The molecule has 1 amide bonds. The summed E-state index contributed by atoms with van der Waals surface area (Å²) in [5, 5.41) is 2.93. The monoisotopic (exact) mass is 375 g/mol. The van der Waals surface area contributed by atoms with Crippen molar-refractivity contribution >= 4 is 5.91 Å². The van der Waals surface area contributed by atoms with Gasteiger partial charge in [-0.2, -0.15) is 0 Å². The van der Waals surface area contributed by atoms with Gasteiger partial charge < -0.3 is 23.9 Å². The highest BCUT2D eigenvalue weighted by atomic mass is 16.5. The first-order valence-corrected chi connectivity index (χ1v) is 8.59. The summed E-state index contributed by atoms with van der Waals surface area (Å²) < 4.78 is 21.0. The van der Waals surface area contributed by atoms with Crippen LogP contribution in [0.2, 0.25) is 0 Å². The van der Waals surface area contributed by atoms with Crippen LogP contribution in [0.15, 0.2) is 39.7 Å². The number of benzene rings is 1. The van der Waals surface area contributed by atoms with Gasteiger partial charge in [0, 0.05) is 6.07 Å². The van der Waals surface area contributed by atoms with E-state index in [0.717, 1.165) is 5.56 Å². The maximum absolute atomic E-state index is 12.3. The summed E-state index contributed by atoms with van der Waals surface area (Å²) in [6.45, 7) is 5.37. The zero-order chi connectivity index (χ0) is 20.0. The number of methoxy groups -OCH3 is 2. The van der Waals surface area contributed by atoms with Crippen molar-refractivity contribution in [3.05, 3.63) is 52.1 Å². The molecule has 0 spiro atoms. The Kier molecular flexibility index (Phi) is 6.87. The van der Waals surface area contributed by atoms with Gasteiger partial charge in [0.25, 0.3) is 5.91 Å². The number of carbonyl (C=O) groups is 1. The molecule has 1 N–H and O–H groups in total. The summed E-state index contributed by atoms with van der Waals surface area (Å²) in [4.78, 5) is 24.1. The number of hydrogen-bond acceptors (Lipinski definition) is 6. The lowest BCUT2D eigenvalue weighted by Gasteiger charge is -2.24. The number of ether oxygens (including phenoxy) is 3. The van der Waals surface area contributed by atoms with Gasteiger partial charge in [0.1, 0.15) is 12.0 Å². The van der Waals surface area contributed by atoms with E-state index in [1.165, 1.54) is 12.3 Å². The molecule has 0 bridgehead atoms. The minimum atomic E-state index is -0.344. The Bertz CT molecular complexity index is 843. The highest BCUT2D eigenvalue weighted by Crippen LogP contribution is 2.32. The van der Waals surface area contributed by atoms with Gasteiger partial charge in [0.15, 0.2) is 18.1 Å². The summed E-state index contributed by atoms with van der Waals surface area (Å²) in [5.74, 6) is 1.46. The summed E-state index contributed by atoms with van der Waals surface area (Å²) in [6, 6.07) is 6.56. The summed E-state index contributed by atoms with van der Waals surface area (Å²) >= 11 is 0. The molecular weight excluding hydrogens is 350 g/mol. The largest absolute Gasteiger partial charge is 0.493 e. The van der Waals surface area contributed by atoms with E-state index in [0.29, 0.717) is 17.3 Å². The first kappa shape index (κ1) is 20.4. The average molecular weight is 375 g/mol. The van der Waals surface area contributed by atoms with E-state index in [9.17, 15) is 9.59 Å². The van der Waals surface area contributed by atoms with E-state index < -0.39 is 0 Å². The van der Waals surface area contributed by atoms with E-state index >= 15 is 0 Å². The molecule has 2 aromatic rings. The van der Waals surface area contributed by atoms with E-state index in [4.69, 9.17) is 18.6 Å². The second-order valence-corrected chi connectivity index (χ2v) is 6.41. The van der Waals surface area contributed by atoms with Crippen LogP contribution in [0.1, 0.15) is 31.2 Å². The lowest BCUT2D eigenvalue weighted by molar-refractivity contribution is -0.124. The second-order valence-electron chi connectivity index (χ2n) is 6.41. The molecule has 0 saturated heterocycles. The van der Waals surface area contributed by atoms with Crippen LogP contribution in [0.3, 0.4) is 0 Å². The van der Waals surface area contributed by atoms with Gasteiger partial charge in [0.05, 0.1) is 20.3 Å². The number of nitrogens with one attached hydrogen (secondary N) is 1. The zero-order valence-electron chi connectivity index (χ0n) is 16.2. The van der Waals surface area contributed by atoms with Gasteiger partial charge in [-0.25, -0.2) is 0 Å². The predicted octanol–water partition coefficient (Wildman–Crippen LogP) is 2.86. The fourth-order valence-corrected chi connectivity index (χ4v) is 2.64. The average Bonchev–Trinajstić information content (AvgIpc) is 2.64. The molecule has 7 heteroatoms. The molecule has 2 rings (SSSR count). The van der Waals surface area contributed by atoms with Crippen molar-refractivity contribution in [3.63, 3.8) is 0 Å². The van der Waals surface area contributed by atoms with E-state index in [-0.39, 0.29) is 35.7 Å². The third-order valence-corrected chi connectivity index (χ3v) is 4.04. The Hall–Kier alpha value is -2.96. The molecule has 0 aliphatic rings. The maximum atomic E-state index is 12.3. The van der Waals surface area contributed by atoms with Crippen LogP contribution in [-0.4, -0.2) is 26.7 Å². The topological polar surface area (TPSA) is 87.0 Å². The third kappa shape index (κ3) is 5.26. The van der Waals surface area contributed by atoms with Crippen molar-refractivity contribution in [1.82, 2.24) is 5.32 Å². The van der Waals surface area contributed by atoms with Crippen molar-refractivity contribution < 1.29 is 23.4 Å². The summed E-state index contributed by atoms with van der Waals surface area (Å²) in [6.07, 6.45) is 1.21. The molecule has 0 saturated carbocycles. The SMILES string of the molecule is COc1ccc([C@@H](NC(=O)COc2coc(C)cc2=O)C(C)C)cc1OC. The Balaban J connectivity index is 2.09. The number of hydrogen-bond donors (Lipinski definition) is 1. The van der Waals surface area contributed by atoms with Gasteiger partial charge >= 0.3 is 0 Å². The lowest BCUT2D eigenvalue weighted by atomic mass is 9.95. The molecule has 0 fully saturated rings. The van der Waals surface area contributed by atoms with Crippen LogP contribution < -0.4 is 25.0 Å². The fraction of sp³-hybridized carbons (Fsp3) is 0.400. The fourth-order valence-electron chi connectivity index (χ4n) is 2.64. The number of carbonyl (C=O) groups excluding carboxylic acids is 1. The Labute approximate surface area is 158 Å². The van der Waals surface area contributed by atoms with Gasteiger partial charge in [-0.05, 0) is 30.5 Å². The predicted molar refractivity (Wildman–Crippen MR) is 100 cm³/mol. The Morgan fingerprint density at radius 1 is 1.11 bits per heavy atom. The smallest absolute Gasteiger partial charge is 0.258 e. The van der Waals surface area contributed by atoms with Crippen LogP contribution in [0.25, 0.3) is 0 Å². The molecule has 1 aromatic heterocycles. The minimum Gasteiger partial charge on any atom is -0.493 e. The Morgan fingerprint density at radius 2 is 1.81 bits per heavy atom. The van der Waals surface area contributed by atoms with Crippen LogP contribution >= 0.6 is 0 Å². The summed E-state index contributed by atoms with van der Waals surface area (Å²) in [7, 11) is 3.13. The van der Waals surface area contributed by atoms with Crippen molar-refractivity contribution in [2.24, 2.45) is 5.92 Å². The maximum Gasteiger partial charge on any atom is 0.258 e. The molecule has 0 unspecified atom stereocenters. The van der Waals surface area contributed by atoms with Crippen LogP contribution in [-0.2, 0) is 4.79 Å². The number of amides is 1. The highest BCUT2D eigenvalue weighted by Gasteiger charge is 2.20. The van der Waals surface area contributed by atoms with Gasteiger partial charge in [-0.15, -0.1) is 0 Å². The summed E-state index contributed by atoms with van der Waals surface area (Å²) in [5.41, 5.74) is 0.553. The third-order valence-electron chi connectivity index (χ3n) is 4.04. The quantitative estimate of drug-likeness (QED) is 0.763. The van der Waals surface area contributed by atoms with Gasteiger partial charge in [0.2, 0.25) is 11.2 Å². The molecule has 0 radical (unpaired) electrons. The van der Waals surface area contributed by atoms with E-state index in [1.807, 2.05) is 26.0 Å². The Morgan fingerprint density at radius 3 is 2.41 bits per heavy atom. The molecule has 146 valence electrons. The first-order valence-electron chi connectivity index (χ1n) is 8.59. The van der Waals surface area contributed by atoms with Gasteiger partial charge in [-0.3, -0.25) is 9.59 Å². The molecule has 0 aliphatic heterocycles. The molecule has 7 nitrogen and oxygen atoms in total. The molecule has 1 aromatic carbocycles. The van der Waals surface area contributed by atoms with Crippen molar-refractivity contribution in [3.8, 4) is 17.2 Å². The minimum absolute atomic E-state index is 0.00274. The van der Waals surface area contributed by atoms with Crippen LogP contribution in [0.4, 0.5) is 0 Å². The zero-order valence-corrected chi connectivity index (χ0v) is 16.2. The van der Waals surface area contributed by atoms with Crippen molar-refractivity contribution in [1.29, 1.82) is 0 Å². The normalized spacial score (nSPS) is 11.8. The first-order chi connectivity index (χ1) is 12.8. The molecular formula is C20H25NO6. The van der Waals surface area contributed by atoms with Gasteiger partial charge in [-0.1, -0.05) is 19.9 Å². The lowest BCUT2D eigenvalue weighted by Crippen LogP contribution is -2.35. The highest BCUT2D eigenvalue weighted by molar-refractivity contribution is 5.78. The van der Waals surface area contributed by atoms with E-state index in [1.54, 1.807) is 27.2 Å². The number of aryl methyl sites for hydroxylation is 1. The van der Waals surface area contributed by atoms with Crippen molar-refractivity contribution in [2.45, 2.75) is 26.8 Å².